The quantitative estimate of drug-likeness (QED) is 0.825. The Hall–Kier alpha value is -2.35. The fourth-order valence-corrected chi connectivity index (χ4v) is 1.55. The van der Waals surface area contributed by atoms with Crippen LogP contribution in [0.25, 0.3) is 11.5 Å². The summed E-state index contributed by atoms with van der Waals surface area (Å²) in [4.78, 5) is 4.22. The lowest BCUT2D eigenvalue weighted by atomic mass is 10.1. The highest BCUT2D eigenvalue weighted by Gasteiger charge is 2.11. The van der Waals surface area contributed by atoms with Gasteiger partial charge >= 0.3 is 0 Å². The lowest BCUT2D eigenvalue weighted by Gasteiger charge is -2.05. The SMILES string of the molecule is CCOc1ccc(-c2nc(CC)no2)cc1C#N. The van der Waals surface area contributed by atoms with Crippen molar-refractivity contribution >= 4 is 0 Å². The van der Waals surface area contributed by atoms with Gasteiger partial charge in [0.25, 0.3) is 5.89 Å². The summed E-state index contributed by atoms with van der Waals surface area (Å²) >= 11 is 0. The van der Waals surface area contributed by atoms with Gasteiger partial charge in [0.05, 0.1) is 12.2 Å². The molecule has 0 saturated carbocycles. The maximum atomic E-state index is 9.07. The summed E-state index contributed by atoms with van der Waals surface area (Å²) in [6.07, 6.45) is 0.714. The van der Waals surface area contributed by atoms with Gasteiger partial charge in [0, 0.05) is 12.0 Å². The maximum absolute atomic E-state index is 9.07. The molecule has 0 unspecified atom stereocenters. The molecule has 0 N–H and O–H groups in total. The highest BCUT2D eigenvalue weighted by molar-refractivity contribution is 5.60. The van der Waals surface area contributed by atoms with Crippen LogP contribution < -0.4 is 4.74 Å². The number of aromatic nitrogens is 2. The molecule has 0 spiro atoms. The van der Waals surface area contributed by atoms with E-state index >= 15 is 0 Å². The molecule has 0 aliphatic carbocycles. The normalized spacial score (nSPS) is 10.1. The molecule has 5 heteroatoms. The zero-order chi connectivity index (χ0) is 13.0. The fraction of sp³-hybridized carbons (Fsp3) is 0.308. The summed E-state index contributed by atoms with van der Waals surface area (Å²) < 4.78 is 10.5. The summed E-state index contributed by atoms with van der Waals surface area (Å²) in [5.41, 5.74) is 1.19. The van der Waals surface area contributed by atoms with Gasteiger partial charge < -0.3 is 9.26 Å². The first-order chi connectivity index (χ1) is 8.78. The molecule has 0 fully saturated rings. The van der Waals surface area contributed by atoms with E-state index in [0.29, 0.717) is 36.1 Å². The number of hydrogen-bond donors (Lipinski definition) is 0. The summed E-state index contributed by atoms with van der Waals surface area (Å²) in [5.74, 6) is 1.64. The molecule has 0 radical (unpaired) electrons. The van der Waals surface area contributed by atoms with E-state index in [1.54, 1.807) is 18.2 Å². The fourth-order valence-electron chi connectivity index (χ4n) is 1.55. The summed E-state index contributed by atoms with van der Waals surface area (Å²) in [6.45, 7) is 4.35. The number of nitriles is 1. The number of aryl methyl sites for hydroxylation is 1. The summed E-state index contributed by atoms with van der Waals surface area (Å²) in [5, 5.41) is 12.9. The first-order valence-electron chi connectivity index (χ1n) is 5.78. The van der Waals surface area contributed by atoms with Crippen molar-refractivity contribution in [2.45, 2.75) is 20.3 Å². The van der Waals surface area contributed by atoms with Gasteiger partial charge in [0.1, 0.15) is 11.8 Å². The van der Waals surface area contributed by atoms with E-state index in [0.717, 1.165) is 5.56 Å². The van der Waals surface area contributed by atoms with Crippen LogP contribution in [0.5, 0.6) is 5.75 Å². The van der Waals surface area contributed by atoms with Gasteiger partial charge in [-0.1, -0.05) is 12.1 Å². The zero-order valence-electron chi connectivity index (χ0n) is 10.3. The molecule has 2 aromatic rings. The van der Waals surface area contributed by atoms with Crippen LogP contribution in [0.15, 0.2) is 22.7 Å². The van der Waals surface area contributed by atoms with Crippen LogP contribution in [0.3, 0.4) is 0 Å². The molecule has 0 aliphatic rings. The number of rotatable bonds is 4. The Kier molecular flexibility index (Phi) is 3.58. The standard InChI is InChI=1S/C13H13N3O2/c1-3-12-15-13(18-16-12)9-5-6-11(17-4-2)10(7-9)8-14/h5-7H,3-4H2,1-2H3. The zero-order valence-corrected chi connectivity index (χ0v) is 10.3. The van der Waals surface area contributed by atoms with E-state index in [-0.39, 0.29) is 0 Å². The van der Waals surface area contributed by atoms with E-state index in [4.69, 9.17) is 14.5 Å². The van der Waals surface area contributed by atoms with E-state index in [1.165, 1.54) is 0 Å². The van der Waals surface area contributed by atoms with E-state index < -0.39 is 0 Å². The topological polar surface area (TPSA) is 71.9 Å². The second-order valence-corrected chi connectivity index (χ2v) is 3.63. The van der Waals surface area contributed by atoms with Gasteiger partial charge in [0.2, 0.25) is 0 Å². The van der Waals surface area contributed by atoms with Crippen molar-refractivity contribution in [1.82, 2.24) is 10.1 Å². The van der Waals surface area contributed by atoms with Gasteiger partial charge in [-0.3, -0.25) is 0 Å². The lowest BCUT2D eigenvalue weighted by molar-refractivity contribution is 0.339. The van der Waals surface area contributed by atoms with Crippen LogP contribution in [-0.4, -0.2) is 16.7 Å². The molecule has 0 atom stereocenters. The molecule has 1 aromatic heterocycles. The molecule has 5 nitrogen and oxygen atoms in total. The lowest BCUT2D eigenvalue weighted by Crippen LogP contribution is -1.94. The van der Waals surface area contributed by atoms with Gasteiger partial charge in [-0.2, -0.15) is 10.2 Å². The first kappa shape index (κ1) is 12.1. The molecule has 1 heterocycles. The number of benzene rings is 1. The van der Waals surface area contributed by atoms with E-state index in [2.05, 4.69) is 16.2 Å². The average Bonchev–Trinajstić information content (AvgIpc) is 2.88. The van der Waals surface area contributed by atoms with Crippen LogP contribution in [0, 0.1) is 11.3 Å². The molecule has 92 valence electrons. The molecular formula is C13H13N3O2. The first-order valence-corrected chi connectivity index (χ1v) is 5.78. The predicted octanol–water partition coefficient (Wildman–Crippen LogP) is 2.57. The van der Waals surface area contributed by atoms with Crippen molar-refractivity contribution in [2.24, 2.45) is 0 Å². The molecule has 18 heavy (non-hydrogen) atoms. The molecule has 0 aliphatic heterocycles. The van der Waals surface area contributed by atoms with Crippen LogP contribution in [0.1, 0.15) is 25.2 Å². The third kappa shape index (κ3) is 2.33. The Bertz CT molecular complexity index is 584. The van der Waals surface area contributed by atoms with Crippen molar-refractivity contribution in [3.63, 3.8) is 0 Å². The Balaban J connectivity index is 2.38. The number of hydrogen-bond acceptors (Lipinski definition) is 5. The van der Waals surface area contributed by atoms with Crippen molar-refractivity contribution in [3.8, 4) is 23.3 Å². The monoisotopic (exact) mass is 243 g/mol. The number of nitrogens with zero attached hydrogens (tertiary/aromatic N) is 3. The Morgan fingerprint density at radius 3 is 2.83 bits per heavy atom. The van der Waals surface area contributed by atoms with Gasteiger partial charge in [-0.25, -0.2) is 0 Å². The van der Waals surface area contributed by atoms with E-state index in [9.17, 15) is 0 Å². The molecule has 0 amide bonds. The third-order valence-corrected chi connectivity index (χ3v) is 2.43. The minimum absolute atomic E-state index is 0.423. The molecule has 0 bridgehead atoms. The molecular weight excluding hydrogens is 230 g/mol. The molecule has 2 rings (SSSR count). The Morgan fingerprint density at radius 2 is 2.22 bits per heavy atom. The van der Waals surface area contributed by atoms with Crippen LogP contribution >= 0.6 is 0 Å². The smallest absolute Gasteiger partial charge is 0.257 e. The highest BCUT2D eigenvalue weighted by atomic mass is 16.5. The predicted molar refractivity (Wildman–Crippen MR) is 65.0 cm³/mol. The minimum atomic E-state index is 0.423. The minimum Gasteiger partial charge on any atom is -0.492 e. The van der Waals surface area contributed by atoms with Gasteiger partial charge in [0.15, 0.2) is 5.82 Å². The molecule has 1 aromatic carbocycles. The van der Waals surface area contributed by atoms with Crippen LogP contribution in [0.2, 0.25) is 0 Å². The van der Waals surface area contributed by atoms with Crippen LogP contribution in [0.4, 0.5) is 0 Å². The highest BCUT2D eigenvalue weighted by Crippen LogP contribution is 2.25. The third-order valence-electron chi connectivity index (χ3n) is 2.43. The van der Waals surface area contributed by atoms with Crippen molar-refractivity contribution in [1.29, 1.82) is 5.26 Å². The van der Waals surface area contributed by atoms with Crippen molar-refractivity contribution < 1.29 is 9.26 Å². The Morgan fingerprint density at radius 1 is 1.39 bits per heavy atom. The average molecular weight is 243 g/mol. The second-order valence-electron chi connectivity index (χ2n) is 3.63. The largest absolute Gasteiger partial charge is 0.492 e. The molecule has 0 saturated heterocycles. The van der Waals surface area contributed by atoms with Gasteiger partial charge in [-0.15, -0.1) is 0 Å². The van der Waals surface area contributed by atoms with Crippen LogP contribution in [-0.2, 0) is 6.42 Å². The summed E-state index contributed by atoms with van der Waals surface area (Å²) in [6, 6.07) is 7.34. The number of ether oxygens (including phenoxy) is 1. The Labute approximate surface area is 105 Å². The van der Waals surface area contributed by atoms with Gasteiger partial charge in [-0.05, 0) is 25.1 Å². The van der Waals surface area contributed by atoms with Crippen molar-refractivity contribution in [3.05, 3.63) is 29.6 Å². The second kappa shape index (κ2) is 5.32. The summed E-state index contributed by atoms with van der Waals surface area (Å²) in [7, 11) is 0. The van der Waals surface area contributed by atoms with E-state index in [1.807, 2.05) is 13.8 Å². The van der Waals surface area contributed by atoms with Crippen molar-refractivity contribution in [2.75, 3.05) is 6.61 Å². The maximum Gasteiger partial charge on any atom is 0.257 e.